The number of nitrogens with one attached hydrogen (secondary N) is 2. The van der Waals surface area contributed by atoms with Gasteiger partial charge in [0, 0.05) is 11.7 Å². The lowest BCUT2D eigenvalue weighted by Gasteiger charge is -2.32. The first kappa shape index (κ1) is 16.9. The van der Waals surface area contributed by atoms with Crippen molar-refractivity contribution in [3.8, 4) is 0 Å². The Morgan fingerprint density at radius 3 is 2.35 bits per heavy atom. The van der Waals surface area contributed by atoms with Gasteiger partial charge in [0.1, 0.15) is 0 Å². The van der Waals surface area contributed by atoms with Crippen LogP contribution < -0.4 is 16.0 Å². The largest absolute Gasteiger partial charge is 0.321 e. The molecule has 0 atom stereocenters. The van der Waals surface area contributed by atoms with Gasteiger partial charge in [-0.1, -0.05) is 20.8 Å². The van der Waals surface area contributed by atoms with Crippen molar-refractivity contribution in [1.29, 1.82) is 0 Å². The average molecular weight is 300 g/mol. The maximum atomic E-state index is 12.4. The maximum absolute atomic E-state index is 12.4. The zero-order valence-corrected chi connectivity index (χ0v) is 13.5. The van der Waals surface area contributed by atoms with Crippen LogP contribution in [-0.4, -0.2) is 18.9 Å². The molecule has 1 aromatic heterocycles. The van der Waals surface area contributed by atoms with Crippen molar-refractivity contribution in [3.05, 3.63) is 18.3 Å². The van der Waals surface area contributed by atoms with E-state index in [1.807, 2.05) is 13.8 Å². The Morgan fingerprint density at radius 2 is 1.85 bits per heavy atom. The fourth-order valence-corrected chi connectivity index (χ4v) is 4.00. The van der Waals surface area contributed by atoms with Crippen molar-refractivity contribution >= 4 is 15.7 Å². The van der Waals surface area contributed by atoms with Crippen LogP contribution in [0.1, 0.15) is 41.0 Å². The quantitative estimate of drug-likeness (QED) is 0.569. The van der Waals surface area contributed by atoms with Crippen LogP contribution in [-0.2, 0) is 10.0 Å². The number of hydrogen-bond acceptors (Lipinski definition) is 5. The highest BCUT2D eigenvalue weighted by Gasteiger charge is 2.32. The summed E-state index contributed by atoms with van der Waals surface area (Å²) in [6.07, 6.45) is 2.11. The normalized spacial score (nSPS) is 13.3. The molecule has 4 N–H and O–H groups in total. The van der Waals surface area contributed by atoms with Gasteiger partial charge in [0.2, 0.25) is 0 Å². The summed E-state index contributed by atoms with van der Waals surface area (Å²) in [6.45, 7) is 9.91. The number of sulfonamides is 1. The Labute approximate surface area is 121 Å². The molecule has 1 aromatic rings. The van der Waals surface area contributed by atoms with Crippen LogP contribution in [0.15, 0.2) is 23.4 Å². The van der Waals surface area contributed by atoms with Gasteiger partial charge in [-0.05, 0) is 37.8 Å². The van der Waals surface area contributed by atoms with E-state index in [0.29, 0.717) is 6.42 Å². The summed E-state index contributed by atoms with van der Waals surface area (Å²) < 4.78 is 27.6. The van der Waals surface area contributed by atoms with Crippen molar-refractivity contribution in [2.24, 2.45) is 11.3 Å². The number of anilines is 1. The summed E-state index contributed by atoms with van der Waals surface area (Å²) in [7, 11) is -3.74. The predicted octanol–water partition coefficient (Wildman–Crippen LogP) is 1.86. The highest BCUT2D eigenvalue weighted by molar-refractivity contribution is 7.89. The molecule has 0 radical (unpaired) electrons. The molecule has 7 heteroatoms. The summed E-state index contributed by atoms with van der Waals surface area (Å²) >= 11 is 0. The van der Waals surface area contributed by atoms with Crippen molar-refractivity contribution in [2.45, 2.75) is 51.6 Å². The molecule has 0 aliphatic carbocycles. The number of hydrogen-bond donors (Lipinski definition) is 3. The Kier molecular flexibility index (Phi) is 4.78. The highest BCUT2D eigenvalue weighted by Crippen LogP contribution is 2.28. The van der Waals surface area contributed by atoms with E-state index in [2.05, 4.69) is 35.9 Å². The summed E-state index contributed by atoms with van der Waals surface area (Å²) in [6, 6.07) is 3.19. The maximum Gasteiger partial charge on any atom is 0.260 e. The first-order chi connectivity index (χ1) is 8.97. The van der Waals surface area contributed by atoms with E-state index in [4.69, 9.17) is 5.84 Å². The highest BCUT2D eigenvalue weighted by atomic mass is 32.2. The van der Waals surface area contributed by atoms with Gasteiger partial charge in [-0.2, -0.15) is 0 Å². The molecule has 1 rings (SSSR count). The van der Waals surface area contributed by atoms with E-state index in [1.54, 1.807) is 12.1 Å². The Hall–Kier alpha value is -1.18. The summed E-state index contributed by atoms with van der Waals surface area (Å²) in [5.41, 5.74) is 2.05. The first-order valence-electron chi connectivity index (χ1n) is 6.42. The van der Waals surface area contributed by atoms with Crippen molar-refractivity contribution in [2.75, 3.05) is 5.43 Å². The van der Waals surface area contributed by atoms with E-state index in [0.717, 1.165) is 0 Å². The summed E-state index contributed by atoms with van der Waals surface area (Å²) in [5, 5.41) is -0.0931. The number of nitrogen functional groups attached to an aromatic ring is 1. The number of pyridine rings is 1. The minimum atomic E-state index is -3.74. The first-order valence-corrected chi connectivity index (χ1v) is 7.91. The SMILES string of the molecule is CC(C)(C)CC(C)(C)NS(=O)(=O)c1ncccc1NN. The topological polar surface area (TPSA) is 97.1 Å². The minimum absolute atomic E-state index is 0.00504. The van der Waals surface area contributed by atoms with Crippen LogP contribution in [0.25, 0.3) is 0 Å². The molecule has 114 valence electrons. The van der Waals surface area contributed by atoms with Crippen LogP contribution in [0.5, 0.6) is 0 Å². The second kappa shape index (κ2) is 5.67. The molecular weight excluding hydrogens is 276 g/mol. The van der Waals surface area contributed by atoms with Crippen LogP contribution in [0.2, 0.25) is 0 Å². The van der Waals surface area contributed by atoms with Crippen LogP contribution in [0.4, 0.5) is 5.69 Å². The van der Waals surface area contributed by atoms with E-state index >= 15 is 0 Å². The number of nitrogens with two attached hydrogens (primary N) is 1. The molecule has 1 heterocycles. The molecule has 0 aromatic carbocycles. The molecule has 0 saturated heterocycles. The average Bonchev–Trinajstić information content (AvgIpc) is 2.24. The second-order valence-electron chi connectivity index (χ2n) is 6.73. The number of aromatic nitrogens is 1. The van der Waals surface area contributed by atoms with E-state index in [1.165, 1.54) is 6.20 Å². The molecule has 0 bridgehead atoms. The van der Waals surface area contributed by atoms with E-state index < -0.39 is 15.6 Å². The van der Waals surface area contributed by atoms with Gasteiger partial charge in [-0.3, -0.25) is 5.84 Å². The Morgan fingerprint density at radius 1 is 1.25 bits per heavy atom. The predicted molar refractivity (Wildman–Crippen MR) is 80.5 cm³/mol. The minimum Gasteiger partial charge on any atom is -0.321 e. The Bertz CT molecular complexity index is 562. The zero-order chi connectivity index (χ0) is 15.6. The second-order valence-corrected chi connectivity index (χ2v) is 8.32. The smallest absolute Gasteiger partial charge is 0.260 e. The van der Waals surface area contributed by atoms with Crippen LogP contribution in [0, 0.1) is 5.41 Å². The van der Waals surface area contributed by atoms with E-state index in [-0.39, 0.29) is 16.1 Å². The lowest BCUT2D eigenvalue weighted by Crippen LogP contribution is -2.46. The van der Waals surface area contributed by atoms with Crippen molar-refractivity contribution in [3.63, 3.8) is 0 Å². The molecule has 0 spiro atoms. The van der Waals surface area contributed by atoms with Crippen LogP contribution >= 0.6 is 0 Å². The number of nitrogens with zero attached hydrogens (tertiary/aromatic N) is 1. The van der Waals surface area contributed by atoms with Crippen molar-refractivity contribution in [1.82, 2.24) is 9.71 Å². The van der Waals surface area contributed by atoms with Gasteiger partial charge in [0.15, 0.2) is 5.03 Å². The monoisotopic (exact) mass is 300 g/mol. The molecule has 0 fully saturated rings. The lowest BCUT2D eigenvalue weighted by molar-refractivity contribution is 0.269. The molecule has 0 unspecified atom stereocenters. The van der Waals surface area contributed by atoms with Gasteiger partial charge in [-0.15, -0.1) is 0 Å². The summed E-state index contributed by atoms with van der Waals surface area (Å²) in [4.78, 5) is 3.91. The molecule has 0 aliphatic rings. The van der Waals surface area contributed by atoms with Gasteiger partial charge in [0.25, 0.3) is 10.0 Å². The fraction of sp³-hybridized carbons (Fsp3) is 0.615. The van der Waals surface area contributed by atoms with Gasteiger partial charge in [-0.25, -0.2) is 18.1 Å². The number of hydrazine groups is 1. The molecule has 0 aliphatic heterocycles. The standard InChI is InChI=1S/C13H24N4O2S/c1-12(2,3)9-13(4,5)17-20(18,19)11-10(16-14)7-6-8-15-11/h6-8,16-17H,9,14H2,1-5H3. The third-order valence-corrected chi connectivity index (χ3v) is 4.22. The third kappa shape index (κ3) is 4.73. The Balaban J connectivity index is 3.06. The molecule has 6 nitrogen and oxygen atoms in total. The summed E-state index contributed by atoms with van der Waals surface area (Å²) in [5.74, 6) is 5.33. The molecule has 0 amide bonds. The zero-order valence-electron chi connectivity index (χ0n) is 12.7. The lowest BCUT2D eigenvalue weighted by atomic mass is 9.82. The third-order valence-electron chi connectivity index (χ3n) is 2.56. The number of rotatable bonds is 5. The molecule has 0 saturated carbocycles. The van der Waals surface area contributed by atoms with Gasteiger partial charge in [0.05, 0.1) is 5.69 Å². The van der Waals surface area contributed by atoms with Crippen molar-refractivity contribution < 1.29 is 8.42 Å². The molecular formula is C13H24N4O2S. The van der Waals surface area contributed by atoms with Gasteiger partial charge < -0.3 is 5.43 Å². The van der Waals surface area contributed by atoms with E-state index in [9.17, 15) is 8.42 Å². The molecule has 20 heavy (non-hydrogen) atoms. The van der Waals surface area contributed by atoms with Crippen LogP contribution in [0.3, 0.4) is 0 Å². The fourth-order valence-electron chi connectivity index (χ4n) is 2.49. The van der Waals surface area contributed by atoms with Gasteiger partial charge >= 0.3 is 0 Å².